The van der Waals surface area contributed by atoms with E-state index in [-0.39, 0.29) is 22.1 Å². The Kier molecular flexibility index (Phi) is 6.02. The van der Waals surface area contributed by atoms with Gasteiger partial charge in [-0.05, 0) is 55.7 Å². The van der Waals surface area contributed by atoms with Gasteiger partial charge in [0.05, 0.1) is 16.1 Å². The Balaban J connectivity index is 1.81. The van der Waals surface area contributed by atoms with Crippen molar-refractivity contribution >= 4 is 21.6 Å². The molecule has 0 bridgehead atoms. The number of para-hydroxylation sites is 1. The van der Waals surface area contributed by atoms with Gasteiger partial charge in [-0.25, -0.2) is 8.42 Å². The van der Waals surface area contributed by atoms with E-state index < -0.39 is 22.1 Å². The van der Waals surface area contributed by atoms with Crippen molar-refractivity contribution in [3.63, 3.8) is 0 Å². The minimum atomic E-state index is -4.87. The first-order valence-electron chi connectivity index (χ1n) is 8.93. The van der Waals surface area contributed by atoms with Crippen LogP contribution in [0.2, 0.25) is 0 Å². The van der Waals surface area contributed by atoms with Gasteiger partial charge in [0.15, 0.2) is 0 Å². The van der Waals surface area contributed by atoms with E-state index in [1.165, 1.54) is 12.1 Å². The second-order valence-electron chi connectivity index (χ2n) is 6.52. The van der Waals surface area contributed by atoms with Gasteiger partial charge in [-0.2, -0.15) is 0 Å². The summed E-state index contributed by atoms with van der Waals surface area (Å²) < 4.78 is 68.1. The molecule has 29 heavy (non-hydrogen) atoms. The van der Waals surface area contributed by atoms with Crippen molar-refractivity contribution < 1.29 is 31.1 Å². The molecule has 6 nitrogen and oxygen atoms in total. The summed E-state index contributed by atoms with van der Waals surface area (Å²) in [5.41, 5.74) is 0.327. The minimum absolute atomic E-state index is 0.110. The highest BCUT2D eigenvalue weighted by Gasteiger charge is 2.31. The molecule has 0 saturated carbocycles. The zero-order valence-corrected chi connectivity index (χ0v) is 16.1. The molecule has 2 aromatic rings. The van der Waals surface area contributed by atoms with Gasteiger partial charge in [0.2, 0.25) is 0 Å². The fourth-order valence-corrected chi connectivity index (χ4v) is 4.13. The van der Waals surface area contributed by atoms with Gasteiger partial charge >= 0.3 is 6.36 Å². The van der Waals surface area contributed by atoms with Gasteiger partial charge in [-0.3, -0.25) is 9.52 Å². The molecule has 1 aliphatic heterocycles. The molecule has 1 amide bonds. The van der Waals surface area contributed by atoms with Crippen LogP contribution in [0.25, 0.3) is 0 Å². The zero-order chi connectivity index (χ0) is 21.1. The Labute approximate surface area is 166 Å². The quantitative estimate of drug-likeness (QED) is 0.781. The number of halogens is 3. The molecule has 10 heteroatoms. The summed E-state index contributed by atoms with van der Waals surface area (Å²) in [6.07, 6.45) is -2.03. The van der Waals surface area contributed by atoms with Crippen molar-refractivity contribution in [2.45, 2.75) is 30.5 Å². The van der Waals surface area contributed by atoms with Crippen molar-refractivity contribution in [3.05, 3.63) is 54.1 Å². The Bertz CT molecular complexity index is 970. The van der Waals surface area contributed by atoms with Crippen LogP contribution in [0, 0.1) is 0 Å². The first-order valence-corrected chi connectivity index (χ1v) is 10.4. The van der Waals surface area contributed by atoms with Gasteiger partial charge in [-0.1, -0.05) is 12.1 Å². The van der Waals surface area contributed by atoms with E-state index in [1.807, 2.05) is 0 Å². The highest BCUT2D eigenvalue weighted by Crippen LogP contribution is 2.26. The first kappa shape index (κ1) is 21.0. The maximum Gasteiger partial charge on any atom is 0.573 e. The molecule has 1 fully saturated rings. The Morgan fingerprint density at radius 1 is 0.966 bits per heavy atom. The van der Waals surface area contributed by atoms with E-state index in [4.69, 9.17) is 0 Å². The number of carbonyl (C=O) groups excluding carboxylic acids is 1. The molecule has 0 spiro atoms. The fourth-order valence-electron chi connectivity index (χ4n) is 3.05. The summed E-state index contributed by atoms with van der Waals surface area (Å²) in [4.78, 5) is 14.2. The molecule has 0 unspecified atom stereocenters. The van der Waals surface area contributed by atoms with Crippen LogP contribution in [0.1, 0.15) is 29.6 Å². The van der Waals surface area contributed by atoms with Crippen LogP contribution in [0.5, 0.6) is 5.75 Å². The molecule has 0 radical (unpaired) electrons. The molecule has 0 aliphatic carbocycles. The summed E-state index contributed by atoms with van der Waals surface area (Å²) >= 11 is 0. The number of likely N-dealkylation sites (tertiary alicyclic amines) is 1. The standard InChI is InChI=1S/C19H19F3N2O4S/c20-19(21,22)28-14-8-10-15(11-9-14)29(26,27)23-17-7-3-2-6-16(17)18(25)24-12-4-1-5-13-24/h2-3,6-11,23H,1,4-5,12-13H2. The van der Waals surface area contributed by atoms with Crippen molar-refractivity contribution in [3.8, 4) is 5.75 Å². The van der Waals surface area contributed by atoms with Crippen LogP contribution >= 0.6 is 0 Å². The Hall–Kier alpha value is -2.75. The molecule has 3 rings (SSSR count). The second kappa shape index (κ2) is 8.32. The molecule has 1 N–H and O–H groups in total. The fraction of sp³-hybridized carbons (Fsp3) is 0.316. The number of nitrogens with zero attached hydrogens (tertiary/aromatic N) is 1. The van der Waals surface area contributed by atoms with Crippen molar-refractivity contribution in [1.82, 2.24) is 4.90 Å². The summed E-state index contributed by atoms with van der Waals surface area (Å²) in [5, 5.41) is 0. The van der Waals surface area contributed by atoms with Gasteiger partial charge in [0.1, 0.15) is 5.75 Å². The highest BCUT2D eigenvalue weighted by molar-refractivity contribution is 7.92. The largest absolute Gasteiger partial charge is 0.573 e. The van der Waals surface area contributed by atoms with E-state index in [0.29, 0.717) is 13.1 Å². The normalized spacial score (nSPS) is 15.1. The van der Waals surface area contributed by atoms with Crippen molar-refractivity contribution in [1.29, 1.82) is 0 Å². The van der Waals surface area contributed by atoms with E-state index in [1.54, 1.807) is 17.0 Å². The number of rotatable bonds is 5. The SMILES string of the molecule is O=C(c1ccccc1NS(=O)(=O)c1ccc(OC(F)(F)F)cc1)N1CCCCC1. The van der Waals surface area contributed by atoms with Crippen LogP contribution in [0.3, 0.4) is 0 Å². The Morgan fingerprint density at radius 3 is 2.21 bits per heavy atom. The molecule has 0 aromatic heterocycles. The first-order chi connectivity index (χ1) is 13.7. The summed E-state index contributed by atoms with van der Waals surface area (Å²) in [6, 6.07) is 10.0. The summed E-state index contributed by atoms with van der Waals surface area (Å²) in [7, 11) is -4.12. The zero-order valence-electron chi connectivity index (χ0n) is 15.3. The lowest BCUT2D eigenvalue weighted by molar-refractivity contribution is -0.274. The van der Waals surface area contributed by atoms with Gasteiger partial charge in [0, 0.05) is 13.1 Å². The lowest BCUT2D eigenvalue weighted by Gasteiger charge is -2.27. The second-order valence-corrected chi connectivity index (χ2v) is 8.21. The van der Waals surface area contributed by atoms with Gasteiger partial charge < -0.3 is 9.64 Å². The average molecular weight is 428 g/mol. The minimum Gasteiger partial charge on any atom is -0.406 e. The van der Waals surface area contributed by atoms with Crippen LogP contribution in [0.4, 0.5) is 18.9 Å². The number of carbonyl (C=O) groups is 1. The third-order valence-corrected chi connectivity index (χ3v) is 5.79. The van der Waals surface area contributed by atoms with Crippen LogP contribution in [0.15, 0.2) is 53.4 Å². The number of sulfonamides is 1. The van der Waals surface area contributed by atoms with E-state index in [9.17, 15) is 26.4 Å². The van der Waals surface area contributed by atoms with E-state index in [0.717, 1.165) is 43.5 Å². The van der Waals surface area contributed by atoms with Crippen molar-refractivity contribution in [2.24, 2.45) is 0 Å². The third kappa shape index (κ3) is 5.41. The molecule has 156 valence electrons. The van der Waals surface area contributed by atoms with E-state index >= 15 is 0 Å². The topological polar surface area (TPSA) is 75.7 Å². The smallest absolute Gasteiger partial charge is 0.406 e. The van der Waals surface area contributed by atoms with Crippen molar-refractivity contribution in [2.75, 3.05) is 17.8 Å². The third-order valence-electron chi connectivity index (χ3n) is 4.41. The van der Waals surface area contributed by atoms with E-state index in [2.05, 4.69) is 9.46 Å². The number of alkyl halides is 3. The summed E-state index contributed by atoms with van der Waals surface area (Å²) in [5.74, 6) is -0.797. The molecule has 1 aliphatic rings. The number of amides is 1. The molecule has 0 atom stereocenters. The van der Waals surface area contributed by atoms with Crippen LogP contribution < -0.4 is 9.46 Å². The molecular weight excluding hydrogens is 409 g/mol. The maximum atomic E-state index is 12.8. The molecule has 1 heterocycles. The van der Waals surface area contributed by atoms with Crippen LogP contribution in [-0.2, 0) is 10.0 Å². The number of ether oxygens (including phenoxy) is 1. The average Bonchev–Trinajstić information content (AvgIpc) is 2.67. The molecular formula is C19H19F3N2O4S. The predicted molar refractivity (Wildman–Crippen MR) is 100 cm³/mol. The molecule has 1 saturated heterocycles. The number of hydrogen-bond acceptors (Lipinski definition) is 4. The lowest BCUT2D eigenvalue weighted by Crippen LogP contribution is -2.36. The van der Waals surface area contributed by atoms with Gasteiger partial charge in [-0.15, -0.1) is 13.2 Å². The Morgan fingerprint density at radius 2 is 1.59 bits per heavy atom. The number of benzene rings is 2. The number of hydrogen-bond donors (Lipinski definition) is 1. The highest BCUT2D eigenvalue weighted by atomic mass is 32.2. The predicted octanol–water partition coefficient (Wildman–Crippen LogP) is 4.01. The maximum absolute atomic E-state index is 12.8. The molecule has 2 aromatic carbocycles. The van der Waals surface area contributed by atoms with Gasteiger partial charge in [0.25, 0.3) is 15.9 Å². The number of nitrogens with one attached hydrogen (secondary N) is 1. The van der Waals surface area contributed by atoms with Crippen LogP contribution in [-0.4, -0.2) is 38.7 Å². The number of piperidine rings is 1. The number of anilines is 1. The monoisotopic (exact) mass is 428 g/mol. The lowest BCUT2D eigenvalue weighted by atomic mass is 10.1. The summed E-state index contributed by atoms with van der Waals surface area (Å²) in [6.45, 7) is 1.22.